The highest BCUT2D eigenvalue weighted by atomic mass is 16.5. The van der Waals surface area contributed by atoms with Gasteiger partial charge in [-0.25, -0.2) is 0 Å². The van der Waals surface area contributed by atoms with Crippen LogP contribution < -0.4 is 0 Å². The van der Waals surface area contributed by atoms with Gasteiger partial charge >= 0.3 is 0 Å². The summed E-state index contributed by atoms with van der Waals surface area (Å²) in [6, 6.07) is 0. The number of aldehydes is 1. The van der Waals surface area contributed by atoms with Gasteiger partial charge in [0.1, 0.15) is 6.29 Å². The molecule has 0 aromatic heterocycles. The van der Waals surface area contributed by atoms with Crippen molar-refractivity contribution in [3.63, 3.8) is 0 Å². The number of methoxy groups -OCH3 is 1. The zero-order valence-corrected chi connectivity index (χ0v) is 14.2. The van der Waals surface area contributed by atoms with Crippen molar-refractivity contribution < 1.29 is 9.53 Å². The number of hydrogen-bond donors (Lipinski definition) is 0. The monoisotopic (exact) mass is 282 g/mol. The molecule has 2 nitrogen and oxygen atoms in total. The molecule has 0 aliphatic heterocycles. The lowest BCUT2D eigenvalue weighted by Gasteiger charge is -2.49. The van der Waals surface area contributed by atoms with Crippen LogP contribution in [-0.4, -0.2) is 19.0 Å². The van der Waals surface area contributed by atoms with Crippen molar-refractivity contribution >= 4 is 6.29 Å². The molecule has 0 saturated heterocycles. The Morgan fingerprint density at radius 1 is 1.15 bits per heavy atom. The SMILES string of the molecule is COC1(C(C=O)CCCCC(C)C)C(C)CCCC1C. The van der Waals surface area contributed by atoms with Crippen LogP contribution in [0.2, 0.25) is 0 Å². The van der Waals surface area contributed by atoms with Crippen LogP contribution in [0.25, 0.3) is 0 Å². The van der Waals surface area contributed by atoms with E-state index in [1.54, 1.807) is 0 Å². The third-order valence-electron chi connectivity index (χ3n) is 5.46. The van der Waals surface area contributed by atoms with Crippen LogP contribution in [-0.2, 0) is 9.53 Å². The van der Waals surface area contributed by atoms with Gasteiger partial charge in [-0.15, -0.1) is 0 Å². The van der Waals surface area contributed by atoms with Crippen LogP contribution in [0.3, 0.4) is 0 Å². The van der Waals surface area contributed by atoms with E-state index in [1.807, 2.05) is 7.11 Å². The molecule has 0 bridgehead atoms. The average molecular weight is 282 g/mol. The maximum Gasteiger partial charge on any atom is 0.125 e. The second-order valence-electron chi connectivity index (χ2n) is 7.21. The van der Waals surface area contributed by atoms with Crippen LogP contribution in [0.15, 0.2) is 0 Å². The second-order valence-corrected chi connectivity index (χ2v) is 7.21. The van der Waals surface area contributed by atoms with Gasteiger partial charge in [0.15, 0.2) is 0 Å². The lowest BCUT2D eigenvalue weighted by molar-refractivity contribution is -0.160. The van der Waals surface area contributed by atoms with Gasteiger partial charge in [-0.1, -0.05) is 53.4 Å². The van der Waals surface area contributed by atoms with Gasteiger partial charge in [0, 0.05) is 13.0 Å². The second kappa shape index (κ2) is 8.17. The Kier molecular flexibility index (Phi) is 7.22. The van der Waals surface area contributed by atoms with Gasteiger partial charge < -0.3 is 9.53 Å². The standard InChI is InChI=1S/C18H34O2/c1-14(2)9-6-7-12-17(13-19)18(20-5)15(3)10-8-11-16(18)4/h13-17H,6-12H2,1-5H3. The van der Waals surface area contributed by atoms with Gasteiger partial charge in [-0.3, -0.25) is 0 Å². The Bertz CT molecular complexity index is 275. The summed E-state index contributed by atoms with van der Waals surface area (Å²) in [7, 11) is 1.81. The van der Waals surface area contributed by atoms with E-state index in [9.17, 15) is 4.79 Å². The number of carbonyl (C=O) groups is 1. The quantitative estimate of drug-likeness (QED) is 0.469. The van der Waals surface area contributed by atoms with Gasteiger partial charge in [0.05, 0.1) is 5.60 Å². The van der Waals surface area contributed by atoms with Crippen LogP contribution >= 0.6 is 0 Å². The maximum absolute atomic E-state index is 11.7. The van der Waals surface area contributed by atoms with Crippen molar-refractivity contribution in [2.75, 3.05) is 7.11 Å². The molecule has 0 N–H and O–H groups in total. The molecule has 20 heavy (non-hydrogen) atoms. The number of carbonyl (C=O) groups excluding carboxylic acids is 1. The maximum atomic E-state index is 11.7. The summed E-state index contributed by atoms with van der Waals surface area (Å²) in [5.74, 6) is 1.78. The summed E-state index contributed by atoms with van der Waals surface area (Å²) in [6.07, 6.45) is 9.44. The Balaban J connectivity index is 2.70. The summed E-state index contributed by atoms with van der Waals surface area (Å²) in [6.45, 7) is 9.06. The van der Waals surface area contributed by atoms with Crippen molar-refractivity contribution in [3.8, 4) is 0 Å². The first-order chi connectivity index (χ1) is 9.48. The predicted octanol–water partition coefficient (Wildman–Crippen LogP) is 4.86. The molecular formula is C18H34O2. The fourth-order valence-electron chi connectivity index (χ4n) is 4.27. The minimum absolute atomic E-state index is 0.0602. The first-order valence-corrected chi connectivity index (χ1v) is 8.49. The lowest BCUT2D eigenvalue weighted by Crippen LogP contribution is -2.53. The molecule has 0 radical (unpaired) electrons. The van der Waals surface area contributed by atoms with Crippen molar-refractivity contribution in [3.05, 3.63) is 0 Å². The van der Waals surface area contributed by atoms with Crippen molar-refractivity contribution in [1.82, 2.24) is 0 Å². The highest BCUT2D eigenvalue weighted by molar-refractivity contribution is 5.56. The zero-order valence-electron chi connectivity index (χ0n) is 14.2. The van der Waals surface area contributed by atoms with Crippen LogP contribution in [0.4, 0.5) is 0 Å². The van der Waals surface area contributed by atoms with Crippen LogP contribution in [0.5, 0.6) is 0 Å². The molecule has 1 aliphatic rings. The smallest absolute Gasteiger partial charge is 0.125 e. The molecule has 2 heteroatoms. The van der Waals surface area contributed by atoms with E-state index >= 15 is 0 Å². The third kappa shape index (κ3) is 3.84. The summed E-state index contributed by atoms with van der Waals surface area (Å²) >= 11 is 0. The van der Waals surface area contributed by atoms with Gasteiger partial charge in [-0.2, -0.15) is 0 Å². The molecule has 1 rings (SSSR count). The van der Waals surface area contributed by atoms with E-state index in [2.05, 4.69) is 27.7 Å². The van der Waals surface area contributed by atoms with E-state index in [-0.39, 0.29) is 11.5 Å². The largest absolute Gasteiger partial charge is 0.377 e. The van der Waals surface area contributed by atoms with Crippen molar-refractivity contribution in [2.45, 2.75) is 78.2 Å². The molecule has 0 aromatic rings. The molecule has 0 heterocycles. The molecular weight excluding hydrogens is 248 g/mol. The average Bonchev–Trinajstić information content (AvgIpc) is 2.41. The Morgan fingerprint density at radius 2 is 1.70 bits per heavy atom. The summed E-state index contributed by atoms with van der Waals surface area (Å²) < 4.78 is 6.00. The topological polar surface area (TPSA) is 26.3 Å². The number of unbranched alkanes of at least 4 members (excludes halogenated alkanes) is 1. The Morgan fingerprint density at radius 3 is 2.15 bits per heavy atom. The molecule has 0 aromatic carbocycles. The third-order valence-corrected chi connectivity index (χ3v) is 5.46. The molecule has 1 saturated carbocycles. The normalized spacial score (nSPS) is 32.3. The zero-order chi connectivity index (χ0) is 15.2. The molecule has 1 fully saturated rings. The fourth-order valence-corrected chi connectivity index (χ4v) is 4.27. The van der Waals surface area contributed by atoms with Gasteiger partial charge in [-0.05, 0) is 37.0 Å². The summed E-state index contributed by atoms with van der Waals surface area (Å²) in [5.41, 5.74) is -0.224. The number of ether oxygens (including phenoxy) is 1. The molecule has 3 unspecified atom stereocenters. The van der Waals surface area contributed by atoms with Crippen LogP contribution in [0.1, 0.15) is 72.6 Å². The first-order valence-electron chi connectivity index (χ1n) is 8.49. The highest BCUT2D eigenvalue weighted by Gasteiger charge is 2.49. The van der Waals surface area contributed by atoms with Gasteiger partial charge in [0.2, 0.25) is 0 Å². The fraction of sp³-hybridized carbons (Fsp3) is 0.944. The van der Waals surface area contributed by atoms with Crippen LogP contribution in [0, 0.1) is 23.7 Å². The summed E-state index contributed by atoms with van der Waals surface area (Å²) in [5, 5.41) is 0. The predicted molar refractivity (Wildman–Crippen MR) is 84.8 cm³/mol. The molecule has 0 spiro atoms. The van der Waals surface area contributed by atoms with Gasteiger partial charge in [0.25, 0.3) is 0 Å². The van der Waals surface area contributed by atoms with E-state index in [0.29, 0.717) is 11.8 Å². The Hall–Kier alpha value is -0.370. The number of rotatable bonds is 8. The van der Waals surface area contributed by atoms with E-state index in [1.165, 1.54) is 38.4 Å². The lowest BCUT2D eigenvalue weighted by atomic mass is 9.62. The van der Waals surface area contributed by atoms with E-state index in [4.69, 9.17) is 4.74 Å². The van der Waals surface area contributed by atoms with E-state index < -0.39 is 0 Å². The highest BCUT2D eigenvalue weighted by Crippen LogP contribution is 2.46. The number of hydrogen-bond acceptors (Lipinski definition) is 2. The Labute approximate surface area is 125 Å². The minimum Gasteiger partial charge on any atom is -0.377 e. The van der Waals surface area contributed by atoms with Crippen molar-refractivity contribution in [2.24, 2.45) is 23.7 Å². The first kappa shape index (κ1) is 17.7. The minimum atomic E-state index is -0.224. The molecule has 1 aliphatic carbocycles. The molecule has 3 atom stereocenters. The molecule has 0 amide bonds. The molecule has 118 valence electrons. The summed E-state index contributed by atoms with van der Waals surface area (Å²) in [4.78, 5) is 11.7. The van der Waals surface area contributed by atoms with E-state index in [0.717, 1.165) is 18.8 Å². The van der Waals surface area contributed by atoms with Crippen molar-refractivity contribution in [1.29, 1.82) is 0 Å².